The van der Waals surface area contributed by atoms with Crippen LogP contribution in [0.25, 0.3) is 21.9 Å². The Labute approximate surface area is 78.6 Å². The first kappa shape index (κ1) is 7.38. The molecule has 0 spiro atoms. The van der Waals surface area contributed by atoms with Crippen LogP contribution >= 0.6 is 0 Å². The van der Waals surface area contributed by atoms with Gasteiger partial charge in [-0.25, -0.2) is 4.79 Å². The van der Waals surface area contributed by atoms with Crippen molar-refractivity contribution in [2.75, 3.05) is 0 Å². The molecule has 3 aromatic rings. The zero-order chi connectivity index (χ0) is 9.54. The molecule has 0 unspecified atom stereocenters. The Morgan fingerprint density at radius 3 is 2.79 bits per heavy atom. The Morgan fingerprint density at radius 1 is 1.00 bits per heavy atom. The van der Waals surface area contributed by atoms with E-state index in [0.29, 0.717) is 5.58 Å². The summed E-state index contributed by atoms with van der Waals surface area (Å²) in [6.45, 7) is 0. The normalized spacial score (nSPS) is 11.1. The maximum atomic E-state index is 11.0. The number of rotatable bonds is 0. The zero-order valence-corrected chi connectivity index (χ0v) is 7.19. The van der Waals surface area contributed by atoms with Gasteiger partial charge in [-0.05, 0) is 24.3 Å². The van der Waals surface area contributed by atoms with E-state index in [4.69, 9.17) is 8.83 Å². The number of benzene rings is 1. The van der Waals surface area contributed by atoms with Gasteiger partial charge in [0, 0.05) is 16.8 Å². The lowest BCUT2D eigenvalue weighted by Crippen LogP contribution is -1.84. The van der Waals surface area contributed by atoms with Gasteiger partial charge in [-0.1, -0.05) is 0 Å². The highest BCUT2D eigenvalue weighted by Crippen LogP contribution is 2.21. The summed E-state index contributed by atoms with van der Waals surface area (Å²) in [4.78, 5) is 11.0. The molecule has 0 fully saturated rings. The van der Waals surface area contributed by atoms with E-state index < -0.39 is 0 Å². The standard InChI is InChI=1S/C11H6O3/c12-11-6-8-5-9-7(2-1-3-13-9)4-10(8)14-11/h1-6H. The highest BCUT2D eigenvalue weighted by molar-refractivity contribution is 5.92. The monoisotopic (exact) mass is 186 g/mol. The lowest BCUT2D eigenvalue weighted by Gasteiger charge is -1.94. The third-order valence-corrected chi connectivity index (χ3v) is 2.18. The Kier molecular flexibility index (Phi) is 1.31. The number of hydrogen-bond donors (Lipinski definition) is 0. The van der Waals surface area contributed by atoms with Crippen molar-refractivity contribution in [2.24, 2.45) is 0 Å². The zero-order valence-electron chi connectivity index (χ0n) is 7.19. The minimum Gasteiger partial charge on any atom is -0.464 e. The molecular weight excluding hydrogens is 180 g/mol. The van der Waals surface area contributed by atoms with Crippen molar-refractivity contribution in [1.82, 2.24) is 0 Å². The molecular formula is C11H6O3. The van der Waals surface area contributed by atoms with Gasteiger partial charge in [-0.2, -0.15) is 0 Å². The summed E-state index contributed by atoms with van der Waals surface area (Å²) in [6.07, 6.45) is 1.60. The summed E-state index contributed by atoms with van der Waals surface area (Å²) < 4.78 is 10.3. The van der Waals surface area contributed by atoms with Crippen LogP contribution in [-0.4, -0.2) is 0 Å². The van der Waals surface area contributed by atoms with Crippen LogP contribution in [0.15, 0.2) is 50.2 Å². The molecule has 0 saturated carbocycles. The molecule has 0 N–H and O–H groups in total. The van der Waals surface area contributed by atoms with Crippen LogP contribution in [0.1, 0.15) is 0 Å². The molecule has 0 atom stereocenters. The maximum absolute atomic E-state index is 11.0. The molecule has 3 rings (SSSR count). The molecule has 68 valence electrons. The quantitative estimate of drug-likeness (QED) is 0.541. The van der Waals surface area contributed by atoms with Crippen molar-refractivity contribution in [2.45, 2.75) is 0 Å². The Balaban J connectivity index is 2.57. The summed E-state index contributed by atoms with van der Waals surface area (Å²) in [5.74, 6) is 0. The highest BCUT2D eigenvalue weighted by Gasteiger charge is 2.03. The molecule has 0 bridgehead atoms. The van der Waals surface area contributed by atoms with Crippen LogP contribution in [0, 0.1) is 0 Å². The number of furan rings is 1. The van der Waals surface area contributed by atoms with E-state index in [-0.39, 0.29) is 5.63 Å². The number of hydrogen-bond acceptors (Lipinski definition) is 3. The number of fused-ring (bicyclic) bond motifs is 2. The van der Waals surface area contributed by atoms with Crippen molar-refractivity contribution < 1.29 is 8.83 Å². The molecule has 0 radical (unpaired) electrons. The maximum Gasteiger partial charge on any atom is 0.336 e. The third kappa shape index (κ3) is 0.956. The van der Waals surface area contributed by atoms with Gasteiger partial charge in [0.1, 0.15) is 11.2 Å². The first-order chi connectivity index (χ1) is 6.83. The Hall–Kier alpha value is -2.03. The van der Waals surface area contributed by atoms with Crippen molar-refractivity contribution in [3.8, 4) is 0 Å². The third-order valence-electron chi connectivity index (χ3n) is 2.18. The van der Waals surface area contributed by atoms with E-state index in [9.17, 15) is 4.79 Å². The molecule has 1 aromatic carbocycles. The van der Waals surface area contributed by atoms with E-state index >= 15 is 0 Å². The van der Waals surface area contributed by atoms with E-state index in [1.807, 2.05) is 6.07 Å². The molecule has 0 aliphatic carbocycles. The van der Waals surface area contributed by atoms with Crippen molar-refractivity contribution in [3.05, 3.63) is 47.0 Å². The summed E-state index contributed by atoms with van der Waals surface area (Å²) in [5, 5.41) is 1.70. The minimum absolute atomic E-state index is 0.324. The largest absolute Gasteiger partial charge is 0.464 e. The Morgan fingerprint density at radius 2 is 1.86 bits per heavy atom. The molecule has 0 saturated heterocycles. The average molecular weight is 186 g/mol. The van der Waals surface area contributed by atoms with Gasteiger partial charge in [-0.3, -0.25) is 0 Å². The SMILES string of the molecule is O=c1cc2cc3occcc3cc2o1. The molecule has 0 aliphatic heterocycles. The fraction of sp³-hybridized carbons (Fsp3) is 0. The molecule has 14 heavy (non-hydrogen) atoms. The van der Waals surface area contributed by atoms with Gasteiger partial charge in [0.15, 0.2) is 0 Å². The van der Waals surface area contributed by atoms with E-state index in [2.05, 4.69) is 0 Å². The Bertz CT molecular complexity index is 605. The molecule has 0 amide bonds. The smallest absolute Gasteiger partial charge is 0.336 e. The second-order valence-corrected chi connectivity index (χ2v) is 3.11. The van der Waals surface area contributed by atoms with Crippen molar-refractivity contribution in [1.29, 1.82) is 0 Å². The van der Waals surface area contributed by atoms with Crippen molar-refractivity contribution >= 4 is 21.9 Å². The summed E-state index contributed by atoms with van der Waals surface area (Å²) in [5.41, 5.74) is 1.03. The fourth-order valence-electron chi connectivity index (χ4n) is 1.55. The summed E-state index contributed by atoms with van der Waals surface area (Å²) >= 11 is 0. The van der Waals surface area contributed by atoms with Crippen LogP contribution in [-0.2, 0) is 0 Å². The second kappa shape index (κ2) is 2.48. The fourth-order valence-corrected chi connectivity index (χ4v) is 1.55. The van der Waals surface area contributed by atoms with E-state index in [1.54, 1.807) is 24.5 Å². The molecule has 2 aromatic heterocycles. The van der Waals surface area contributed by atoms with Crippen LogP contribution in [0.2, 0.25) is 0 Å². The second-order valence-electron chi connectivity index (χ2n) is 3.11. The first-order valence-corrected chi connectivity index (χ1v) is 4.24. The molecule has 2 heterocycles. The highest BCUT2D eigenvalue weighted by atomic mass is 16.4. The van der Waals surface area contributed by atoms with E-state index in [0.717, 1.165) is 16.4 Å². The van der Waals surface area contributed by atoms with Gasteiger partial charge in [0.2, 0.25) is 0 Å². The summed E-state index contributed by atoms with van der Waals surface area (Å²) in [7, 11) is 0. The van der Waals surface area contributed by atoms with Gasteiger partial charge in [0.25, 0.3) is 0 Å². The molecule has 0 aliphatic rings. The van der Waals surface area contributed by atoms with Crippen LogP contribution in [0.4, 0.5) is 0 Å². The average Bonchev–Trinajstić information content (AvgIpc) is 2.53. The van der Waals surface area contributed by atoms with Crippen LogP contribution in [0.5, 0.6) is 0 Å². The lowest BCUT2D eigenvalue weighted by atomic mass is 10.2. The van der Waals surface area contributed by atoms with Crippen LogP contribution < -0.4 is 5.63 Å². The van der Waals surface area contributed by atoms with Gasteiger partial charge < -0.3 is 8.83 Å². The lowest BCUT2D eigenvalue weighted by molar-refractivity contribution is 0.573. The topological polar surface area (TPSA) is 43.4 Å². The van der Waals surface area contributed by atoms with Crippen LogP contribution in [0.3, 0.4) is 0 Å². The predicted molar refractivity (Wildman–Crippen MR) is 52.3 cm³/mol. The predicted octanol–water partition coefficient (Wildman–Crippen LogP) is 2.54. The minimum atomic E-state index is -0.324. The first-order valence-electron chi connectivity index (χ1n) is 4.24. The molecule has 3 heteroatoms. The van der Waals surface area contributed by atoms with Gasteiger partial charge in [0.05, 0.1) is 6.26 Å². The van der Waals surface area contributed by atoms with Gasteiger partial charge >= 0.3 is 5.63 Å². The molecule has 3 nitrogen and oxygen atoms in total. The van der Waals surface area contributed by atoms with Gasteiger partial charge in [-0.15, -0.1) is 0 Å². The summed E-state index contributed by atoms with van der Waals surface area (Å²) in [6, 6.07) is 8.77. The van der Waals surface area contributed by atoms with E-state index in [1.165, 1.54) is 6.07 Å². The van der Waals surface area contributed by atoms with Crippen molar-refractivity contribution in [3.63, 3.8) is 0 Å².